The summed E-state index contributed by atoms with van der Waals surface area (Å²) in [7, 11) is 2.19. The fourth-order valence-corrected chi connectivity index (χ4v) is 2.55. The van der Waals surface area contributed by atoms with Crippen LogP contribution in [0.3, 0.4) is 0 Å². The van der Waals surface area contributed by atoms with Crippen molar-refractivity contribution < 1.29 is 0 Å². The van der Waals surface area contributed by atoms with Gasteiger partial charge in [-0.2, -0.15) is 0 Å². The van der Waals surface area contributed by atoms with E-state index in [9.17, 15) is 0 Å². The summed E-state index contributed by atoms with van der Waals surface area (Å²) >= 11 is 0. The third kappa shape index (κ3) is 2.53. The summed E-state index contributed by atoms with van der Waals surface area (Å²) in [5.74, 6) is 0. The van der Waals surface area contributed by atoms with Crippen LogP contribution in [0.1, 0.15) is 43.0 Å². The molecule has 17 heavy (non-hydrogen) atoms. The Hall–Kier alpha value is -0.860. The predicted molar refractivity (Wildman–Crippen MR) is 73.1 cm³/mol. The van der Waals surface area contributed by atoms with Crippen LogP contribution < -0.4 is 5.73 Å². The molecule has 2 nitrogen and oxygen atoms in total. The summed E-state index contributed by atoms with van der Waals surface area (Å²) in [4.78, 5) is 2.38. The Labute approximate surface area is 105 Å². The Bertz CT molecular complexity index is 416. The van der Waals surface area contributed by atoms with Gasteiger partial charge in [0.15, 0.2) is 0 Å². The standard InChI is InChI=1S/C15H24N2/c1-15(2,3)13-7-11(9-16)14-5-6-17(4)10-12(14)8-13/h7-8H,5-6,9-10,16H2,1-4H3. The summed E-state index contributed by atoms with van der Waals surface area (Å²) < 4.78 is 0. The van der Waals surface area contributed by atoms with Gasteiger partial charge >= 0.3 is 0 Å². The Morgan fingerprint density at radius 3 is 2.59 bits per heavy atom. The van der Waals surface area contributed by atoms with E-state index in [-0.39, 0.29) is 5.41 Å². The van der Waals surface area contributed by atoms with E-state index in [0.717, 1.165) is 19.5 Å². The summed E-state index contributed by atoms with van der Waals surface area (Å²) in [6, 6.07) is 4.69. The second kappa shape index (κ2) is 4.43. The first kappa shape index (κ1) is 12.6. The van der Waals surface area contributed by atoms with Crippen LogP contribution in [0.5, 0.6) is 0 Å². The summed E-state index contributed by atoms with van der Waals surface area (Å²) in [6.45, 7) is 9.67. The van der Waals surface area contributed by atoms with Gasteiger partial charge in [-0.05, 0) is 41.1 Å². The average molecular weight is 232 g/mol. The third-order valence-corrected chi connectivity index (χ3v) is 3.70. The fourth-order valence-electron chi connectivity index (χ4n) is 2.55. The Kier molecular flexibility index (Phi) is 3.28. The molecule has 0 aliphatic carbocycles. The van der Waals surface area contributed by atoms with E-state index >= 15 is 0 Å². The van der Waals surface area contributed by atoms with Crippen LogP contribution in [0.4, 0.5) is 0 Å². The van der Waals surface area contributed by atoms with Gasteiger partial charge in [-0.1, -0.05) is 32.9 Å². The van der Waals surface area contributed by atoms with Gasteiger partial charge in [-0.15, -0.1) is 0 Å². The highest BCUT2D eigenvalue weighted by Gasteiger charge is 2.21. The molecule has 0 radical (unpaired) electrons. The van der Waals surface area contributed by atoms with E-state index in [1.54, 1.807) is 0 Å². The molecule has 0 fully saturated rings. The minimum atomic E-state index is 0.203. The lowest BCUT2D eigenvalue weighted by molar-refractivity contribution is 0.311. The van der Waals surface area contributed by atoms with Gasteiger partial charge in [0.05, 0.1) is 0 Å². The largest absolute Gasteiger partial charge is 0.326 e. The van der Waals surface area contributed by atoms with Crippen molar-refractivity contribution in [1.82, 2.24) is 4.90 Å². The predicted octanol–water partition coefficient (Wildman–Crippen LogP) is 2.43. The van der Waals surface area contributed by atoms with Crippen LogP contribution >= 0.6 is 0 Å². The molecule has 1 aromatic rings. The van der Waals surface area contributed by atoms with E-state index in [2.05, 4.69) is 44.9 Å². The van der Waals surface area contributed by atoms with Crippen LogP contribution in [-0.2, 0) is 24.9 Å². The van der Waals surface area contributed by atoms with E-state index in [0.29, 0.717) is 6.54 Å². The Morgan fingerprint density at radius 2 is 2.00 bits per heavy atom. The molecule has 0 atom stereocenters. The summed E-state index contributed by atoms with van der Waals surface area (Å²) in [5.41, 5.74) is 11.8. The molecule has 0 saturated carbocycles. The Morgan fingerprint density at radius 1 is 1.29 bits per heavy atom. The van der Waals surface area contributed by atoms with Gasteiger partial charge in [0.1, 0.15) is 0 Å². The molecule has 0 spiro atoms. The van der Waals surface area contributed by atoms with Gasteiger partial charge in [-0.3, -0.25) is 0 Å². The molecular weight excluding hydrogens is 208 g/mol. The molecule has 0 saturated heterocycles. The number of fused-ring (bicyclic) bond motifs is 1. The second-order valence-corrected chi connectivity index (χ2v) is 6.21. The number of nitrogens with two attached hydrogens (primary N) is 1. The number of nitrogens with zero attached hydrogens (tertiary/aromatic N) is 1. The molecule has 0 amide bonds. The van der Waals surface area contributed by atoms with E-state index in [4.69, 9.17) is 5.73 Å². The number of hydrogen-bond acceptors (Lipinski definition) is 2. The second-order valence-electron chi connectivity index (χ2n) is 6.21. The highest BCUT2D eigenvalue weighted by atomic mass is 15.1. The minimum absolute atomic E-state index is 0.203. The lowest BCUT2D eigenvalue weighted by atomic mass is 9.82. The molecule has 2 heteroatoms. The zero-order valence-electron chi connectivity index (χ0n) is 11.5. The average Bonchev–Trinajstić information content (AvgIpc) is 2.25. The molecule has 0 bridgehead atoms. The zero-order valence-corrected chi connectivity index (χ0v) is 11.5. The smallest absolute Gasteiger partial charge is 0.0233 e. The van der Waals surface area contributed by atoms with Gasteiger partial charge in [0.25, 0.3) is 0 Å². The van der Waals surface area contributed by atoms with Crippen LogP contribution in [0, 0.1) is 0 Å². The van der Waals surface area contributed by atoms with Crippen molar-refractivity contribution in [3.63, 3.8) is 0 Å². The topological polar surface area (TPSA) is 29.3 Å². The van der Waals surface area contributed by atoms with Crippen molar-refractivity contribution in [2.75, 3.05) is 13.6 Å². The van der Waals surface area contributed by atoms with Gasteiger partial charge < -0.3 is 10.6 Å². The molecule has 1 heterocycles. The van der Waals surface area contributed by atoms with Crippen molar-refractivity contribution in [1.29, 1.82) is 0 Å². The number of hydrogen-bond donors (Lipinski definition) is 1. The van der Waals surface area contributed by atoms with Crippen LogP contribution in [0.2, 0.25) is 0 Å². The number of rotatable bonds is 1. The molecule has 2 rings (SSSR count). The van der Waals surface area contributed by atoms with Gasteiger partial charge in [-0.25, -0.2) is 0 Å². The summed E-state index contributed by atoms with van der Waals surface area (Å²) in [5, 5.41) is 0. The first-order chi connectivity index (χ1) is 7.91. The molecule has 1 aromatic carbocycles. The first-order valence-electron chi connectivity index (χ1n) is 6.45. The molecular formula is C15H24N2. The SMILES string of the molecule is CN1CCc2c(CN)cc(C(C)(C)C)cc2C1. The fraction of sp³-hybridized carbons (Fsp3) is 0.600. The molecule has 0 unspecified atom stereocenters. The first-order valence-corrected chi connectivity index (χ1v) is 6.45. The molecule has 1 aliphatic rings. The zero-order chi connectivity index (χ0) is 12.6. The lowest BCUT2D eigenvalue weighted by Crippen LogP contribution is -2.28. The van der Waals surface area contributed by atoms with Crippen molar-refractivity contribution in [2.45, 2.75) is 45.7 Å². The maximum Gasteiger partial charge on any atom is 0.0233 e. The van der Waals surface area contributed by atoms with E-state index in [1.165, 1.54) is 22.3 Å². The van der Waals surface area contributed by atoms with Crippen LogP contribution in [-0.4, -0.2) is 18.5 Å². The van der Waals surface area contributed by atoms with Gasteiger partial charge in [0, 0.05) is 19.6 Å². The quantitative estimate of drug-likeness (QED) is 0.806. The van der Waals surface area contributed by atoms with Crippen molar-refractivity contribution in [3.8, 4) is 0 Å². The maximum atomic E-state index is 5.91. The normalized spacial score (nSPS) is 17.0. The van der Waals surface area contributed by atoms with Crippen molar-refractivity contribution in [2.24, 2.45) is 5.73 Å². The minimum Gasteiger partial charge on any atom is -0.326 e. The highest BCUT2D eigenvalue weighted by molar-refractivity contribution is 5.43. The molecule has 94 valence electrons. The van der Waals surface area contributed by atoms with E-state index in [1.807, 2.05) is 0 Å². The third-order valence-electron chi connectivity index (χ3n) is 3.70. The maximum absolute atomic E-state index is 5.91. The molecule has 2 N–H and O–H groups in total. The lowest BCUT2D eigenvalue weighted by Gasteiger charge is -2.30. The number of benzene rings is 1. The summed E-state index contributed by atoms with van der Waals surface area (Å²) in [6.07, 6.45) is 1.14. The van der Waals surface area contributed by atoms with Gasteiger partial charge in [0.2, 0.25) is 0 Å². The van der Waals surface area contributed by atoms with Crippen molar-refractivity contribution >= 4 is 0 Å². The van der Waals surface area contributed by atoms with E-state index < -0.39 is 0 Å². The monoisotopic (exact) mass is 232 g/mol. The molecule has 0 aromatic heterocycles. The van der Waals surface area contributed by atoms with Crippen molar-refractivity contribution in [3.05, 3.63) is 34.4 Å². The van der Waals surface area contributed by atoms with Crippen LogP contribution in [0.15, 0.2) is 12.1 Å². The molecule has 1 aliphatic heterocycles. The highest BCUT2D eigenvalue weighted by Crippen LogP contribution is 2.30. The van der Waals surface area contributed by atoms with Crippen LogP contribution in [0.25, 0.3) is 0 Å². The Balaban J connectivity index is 2.51. The number of likely N-dealkylation sites (N-methyl/N-ethyl adjacent to an activating group) is 1.